The number of hydrogen-bond acceptors (Lipinski definition) is 5. The van der Waals surface area contributed by atoms with Crippen molar-refractivity contribution in [1.29, 1.82) is 0 Å². The summed E-state index contributed by atoms with van der Waals surface area (Å²) in [5.41, 5.74) is 1.00. The zero-order valence-corrected chi connectivity index (χ0v) is 15.5. The first kappa shape index (κ1) is 18.5. The molecular weight excluding hydrogens is 378 g/mol. The van der Waals surface area contributed by atoms with Crippen LogP contribution >= 0.6 is 11.6 Å². The Hall–Kier alpha value is -2.25. The second-order valence-electron chi connectivity index (χ2n) is 5.81. The van der Waals surface area contributed by atoms with E-state index in [9.17, 15) is 13.2 Å². The molecule has 1 aliphatic rings. The van der Waals surface area contributed by atoms with Gasteiger partial charge in [-0.1, -0.05) is 23.7 Å². The number of carbonyl (C=O) groups excluding carboxylic acids is 1. The Bertz CT molecular complexity index is 914. The van der Waals surface area contributed by atoms with Crippen LogP contribution in [0.15, 0.2) is 47.4 Å². The molecule has 26 heavy (non-hydrogen) atoms. The number of sulfone groups is 1. The fourth-order valence-corrected chi connectivity index (χ4v) is 4.07. The van der Waals surface area contributed by atoms with Crippen LogP contribution in [0.25, 0.3) is 0 Å². The molecule has 1 amide bonds. The Balaban J connectivity index is 1.45. The summed E-state index contributed by atoms with van der Waals surface area (Å²) in [4.78, 5) is 12.0. The van der Waals surface area contributed by atoms with Crippen LogP contribution in [-0.2, 0) is 21.1 Å². The highest BCUT2D eigenvalue weighted by molar-refractivity contribution is 7.91. The van der Waals surface area contributed by atoms with E-state index < -0.39 is 9.84 Å². The van der Waals surface area contributed by atoms with Gasteiger partial charge >= 0.3 is 0 Å². The Morgan fingerprint density at radius 3 is 2.73 bits per heavy atom. The summed E-state index contributed by atoms with van der Waals surface area (Å²) < 4.78 is 35.0. The van der Waals surface area contributed by atoms with Crippen molar-refractivity contribution in [3.05, 3.63) is 53.1 Å². The van der Waals surface area contributed by atoms with Gasteiger partial charge in [-0.15, -0.1) is 0 Å². The van der Waals surface area contributed by atoms with E-state index >= 15 is 0 Å². The molecule has 8 heteroatoms. The molecule has 138 valence electrons. The highest BCUT2D eigenvalue weighted by atomic mass is 35.5. The summed E-state index contributed by atoms with van der Waals surface area (Å²) in [6.07, 6.45) is 0.513. The molecule has 3 rings (SSSR count). The molecule has 0 aromatic heterocycles. The predicted octanol–water partition coefficient (Wildman–Crippen LogP) is 2.59. The van der Waals surface area contributed by atoms with E-state index in [4.69, 9.17) is 21.1 Å². The first-order valence-electron chi connectivity index (χ1n) is 8.07. The standard InChI is InChI=1S/C18H18ClNO5S/c19-14-2-1-3-15(11-14)26(22,23)9-7-18(21)20-8-6-13-4-5-16-17(10-13)25-12-24-16/h1-5,10-11H,6-9,12H2,(H,20,21). The molecule has 6 nitrogen and oxygen atoms in total. The molecule has 0 spiro atoms. The minimum Gasteiger partial charge on any atom is -0.454 e. The van der Waals surface area contributed by atoms with E-state index in [2.05, 4.69) is 5.32 Å². The Morgan fingerprint density at radius 1 is 1.12 bits per heavy atom. The molecule has 1 heterocycles. The average molecular weight is 396 g/mol. The van der Waals surface area contributed by atoms with E-state index in [0.29, 0.717) is 29.5 Å². The predicted molar refractivity (Wildman–Crippen MR) is 97.4 cm³/mol. The number of carbonyl (C=O) groups is 1. The lowest BCUT2D eigenvalue weighted by atomic mass is 10.1. The van der Waals surface area contributed by atoms with Crippen LogP contribution in [0.2, 0.25) is 5.02 Å². The number of rotatable bonds is 7. The molecule has 1 aliphatic heterocycles. The minimum absolute atomic E-state index is 0.101. The summed E-state index contributed by atoms with van der Waals surface area (Å²) in [5.74, 6) is 0.838. The number of ether oxygens (including phenoxy) is 2. The topological polar surface area (TPSA) is 81.7 Å². The Kier molecular flexibility index (Phi) is 5.68. The summed E-state index contributed by atoms with van der Waals surface area (Å²) in [5, 5.41) is 3.08. The van der Waals surface area contributed by atoms with E-state index in [1.54, 1.807) is 12.1 Å². The number of halogens is 1. The lowest BCUT2D eigenvalue weighted by molar-refractivity contribution is -0.120. The van der Waals surface area contributed by atoms with Crippen molar-refractivity contribution in [2.24, 2.45) is 0 Å². The van der Waals surface area contributed by atoms with Crippen LogP contribution in [-0.4, -0.2) is 33.4 Å². The smallest absolute Gasteiger partial charge is 0.231 e. The van der Waals surface area contributed by atoms with Crippen molar-refractivity contribution < 1.29 is 22.7 Å². The third kappa shape index (κ3) is 4.68. The number of amides is 1. The van der Waals surface area contributed by atoms with Gasteiger partial charge in [0.1, 0.15) is 0 Å². The van der Waals surface area contributed by atoms with Gasteiger partial charge in [-0.25, -0.2) is 8.42 Å². The van der Waals surface area contributed by atoms with Gasteiger partial charge in [0.25, 0.3) is 0 Å². The molecule has 0 radical (unpaired) electrons. The summed E-state index contributed by atoms with van der Waals surface area (Å²) in [6.45, 7) is 0.631. The summed E-state index contributed by atoms with van der Waals surface area (Å²) in [6, 6.07) is 11.6. The van der Waals surface area contributed by atoms with Gasteiger partial charge in [0.05, 0.1) is 10.6 Å². The maximum Gasteiger partial charge on any atom is 0.231 e. The van der Waals surface area contributed by atoms with Crippen LogP contribution < -0.4 is 14.8 Å². The molecule has 0 saturated heterocycles. The van der Waals surface area contributed by atoms with Crippen LogP contribution in [0.4, 0.5) is 0 Å². The molecular formula is C18H18ClNO5S. The normalized spacial score (nSPS) is 12.8. The van der Waals surface area contributed by atoms with Crippen molar-refractivity contribution in [2.45, 2.75) is 17.7 Å². The number of fused-ring (bicyclic) bond motifs is 1. The van der Waals surface area contributed by atoms with Crippen LogP contribution in [0.1, 0.15) is 12.0 Å². The zero-order chi connectivity index (χ0) is 18.6. The first-order valence-corrected chi connectivity index (χ1v) is 10.1. The molecule has 0 aliphatic carbocycles. The third-order valence-electron chi connectivity index (χ3n) is 3.93. The molecule has 0 bridgehead atoms. The monoisotopic (exact) mass is 395 g/mol. The van der Waals surface area contributed by atoms with Crippen molar-refractivity contribution in [3.8, 4) is 11.5 Å². The lowest BCUT2D eigenvalue weighted by Gasteiger charge is -2.07. The Morgan fingerprint density at radius 2 is 1.92 bits per heavy atom. The minimum atomic E-state index is -3.54. The molecule has 2 aromatic rings. The largest absolute Gasteiger partial charge is 0.454 e. The fraction of sp³-hybridized carbons (Fsp3) is 0.278. The van der Waals surface area contributed by atoms with E-state index in [-0.39, 0.29) is 29.8 Å². The molecule has 0 fully saturated rings. The van der Waals surface area contributed by atoms with Crippen molar-refractivity contribution in [2.75, 3.05) is 19.1 Å². The zero-order valence-electron chi connectivity index (χ0n) is 13.9. The Labute approximate surface area is 157 Å². The van der Waals surface area contributed by atoms with Gasteiger partial charge < -0.3 is 14.8 Å². The second-order valence-corrected chi connectivity index (χ2v) is 8.36. The number of benzene rings is 2. The van der Waals surface area contributed by atoms with Gasteiger partial charge in [0, 0.05) is 18.0 Å². The van der Waals surface area contributed by atoms with Crippen LogP contribution in [0.3, 0.4) is 0 Å². The quantitative estimate of drug-likeness (QED) is 0.779. The van der Waals surface area contributed by atoms with Crippen LogP contribution in [0, 0.1) is 0 Å². The molecule has 0 atom stereocenters. The SMILES string of the molecule is O=C(CCS(=O)(=O)c1cccc(Cl)c1)NCCc1ccc2c(c1)OCO2. The van der Waals surface area contributed by atoms with Crippen molar-refractivity contribution in [3.63, 3.8) is 0 Å². The lowest BCUT2D eigenvalue weighted by Crippen LogP contribution is -2.27. The van der Waals surface area contributed by atoms with Crippen LogP contribution in [0.5, 0.6) is 11.5 Å². The van der Waals surface area contributed by atoms with E-state index in [1.807, 2.05) is 18.2 Å². The summed E-state index contributed by atoms with van der Waals surface area (Å²) in [7, 11) is -3.54. The highest BCUT2D eigenvalue weighted by Crippen LogP contribution is 2.32. The maximum atomic E-state index is 12.2. The van der Waals surface area contributed by atoms with Gasteiger partial charge in [0.15, 0.2) is 21.3 Å². The van der Waals surface area contributed by atoms with Gasteiger partial charge in [-0.05, 0) is 42.3 Å². The van der Waals surface area contributed by atoms with Crippen molar-refractivity contribution >= 4 is 27.3 Å². The molecule has 2 aromatic carbocycles. The van der Waals surface area contributed by atoms with E-state index in [1.165, 1.54) is 12.1 Å². The maximum absolute atomic E-state index is 12.2. The van der Waals surface area contributed by atoms with Crippen molar-refractivity contribution in [1.82, 2.24) is 5.32 Å². The molecule has 0 unspecified atom stereocenters. The molecule has 1 N–H and O–H groups in total. The molecule has 0 saturated carbocycles. The number of hydrogen-bond donors (Lipinski definition) is 1. The second kappa shape index (κ2) is 7.97. The van der Waals surface area contributed by atoms with E-state index in [0.717, 1.165) is 5.56 Å². The van der Waals surface area contributed by atoms with Gasteiger partial charge in [-0.3, -0.25) is 4.79 Å². The first-order chi connectivity index (χ1) is 12.4. The van der Waals surface area contributed by atoms with Gasteiger partial charge in [0.2, 0.25) is 12.7 Å². The fourth-order valence-electron chi connectivity index (χ4n) is 2.54. The summed E-state index contributed by atoms with van der Waals surface area (Å²) >= 11 is 5.82. The average Bonchev–Trinajstić information content (AvgIpc) is 3.08. The highest BCUT2D eigenvalue weighted by Gasteiger charge is 2.17. The number of nitrogens with one attached hydrogen (secondary N) is 1. The third-order valence-corrected chi connectivity index (χ3v) is 5.87. The van der Waals surface area contributed by atoms with Gasteiger partial charge in [-0.2, -0.15) is 0 Å².